The summed E-state index contributed by atoms with van der Waals surface area (Å²) in [6.07, 6.45) is 0. The van der Waals surface area contributed by atoms with Gasteiger partial charge >= 0.3 is 0 Å². The van der Waals surface area contributed by atoms with E-state index < -0.39 is 11.8 Å². The van der Waals surface area contributed by atoms with Crippen LogP contribution in [0.5, 0.6) is 0 Å². The molecule has 2 N–H and O–H groups in total. The molecule has 2 aromatic carbocycles. The fraction of sp³-hybridized carbons (Fsp3) is 0.0476. The topological polar surface area (TPSA) is 91.4 Å². The molecule has 2 heterocycles. The molecule has 1 aliphatic heterocycles. The standard InChI is InChI=1S/C21H14Cl2N4O3S/c1-11-10-31-21(24-11)26-18(28)12-3-2-4-14(9-12)25-17-16(23)19(29)27(20(17)30)15-7-5-13(22)6-8-15/h2-10,25H,1H3,(H,24,26,28). The number of nitrogens with zero attached hydrogens (tertiary/aromatic N) is 2. The van der Waals surface area contributed by atoms with Crippen molar-refractivity contribution >= 4 is 68.8 Å². The summed E-state index contributed by atoms with van der Waals surface area (Å²) in [5.74, 6) is -1.61. The van der Waals surface area contributed by atoms with Crippen molar-refractivity contribution in [1.29, 1.82) is 0 Å². The zero-order chi connectivity index (χ0) is 22.1. The highest BCUT2D eigenvalue weighted by Crippen LogP contribution is 2.31. The van der Waals surface area contributed by atoms with Crippen molar-refractivity contribution in [2.24, 2.45) is 0 Å². The summed E-state index contributed by atoms with van der Waals surface area (Å²) in [4.78, 5) is 43.1. The Morgan fingerprint density at radius 1 is 1.06 bits per heavy atom. The van der Waals surface area contributed by atoms with Gasteiger partial charge in [-0.05, 0) is 49.4 Å². The molecule has 0 fully saturated rings. The van der Waals surface area contributed by atoms with Crippen LogP contribution in [0.1, 0.15) is 16.1 Å². The molecule has 0 aliphatic carbocycles. The molecular weight excluding hydrogens is 459 g/mol. The summed E-state index contributed by atoms with van der Waals surface area (Å²) in [6, 6.07) is 12.7. The Morgan fingerprint density at radius 2 is 1.81 bits per heavy atom. The van der Waals surface area contributed by atoms with Crippen LogP contribution >= 0.6 is 34.5 Å². The monoisotopic (exact) mass is 472 g/mol. The summed E-state index contributed by atoms with van der Waals surface area (Å²) in [7, 11) is 0. The van der Waals surface area contributed by atoms with Crippen LogP contribution in [0.15, 0.2) is 64.6 Å². The number of nitrogens with one attached hydrogen (secondary N) is 2. The Bertz CT molecular complexity index is 1240. The number of amides is 3. The maximum Gasteiger partial charge on any atom is 0.283 e. The molecule has 0 spiro atoms. The molecule has 1 aromatic heterocycles. The van der Waals surface area contributed by atoms with Crippen molar-refractivity contribution in [3.05, 3.63) is 80.9 Å². The van der Waals surface area contributed by atoms with Gasteiger partial charge in [0, 0.05) is 21.7 Å². The van der Waals surface area contributed by atoms with E-state index in [9.17, 15) is 14.4 Å². The lowest BCUT2D eigenvalue weighted by molar-refractivity contribution is -0.120. The van der Waals surface area contributed by atoms with Crippen LogP contribution < -0.4 is 15.5 Å². The normalized spacial score (nSPS) is 13.7. The molecule has 0 saturated carbocycles. The lowest BCUT2D eigenvalue weighted by Crippen LogP contribution is -2.32. The van der Waals surface area contributed by atoms with Gasteiger partial charge < -0.3 is 5.32 Å². The number of benzene rings is 2. The van der Waals surface area contributed by atoms with E-state index in [1.165, 1.54) is 11.3 Å². The quantitative estimate of drug-likeness (QED) is 0.520. The number of aromatic nitrogens is 1. The minimum Gasteiger partial charge on any atom is -0.350 e. The number of carbonyl (C=O) groups excluding carboxylic acids is 3. The van der Waals surface area contributed by atoms with E-state index in [0.717, 1.165) is 10.6 Å². The smallest absolute Gasteiger partial charge is 0.283 e. The second-order valence-electron chi connectivity index (χ2n) is 6.57. The van der Waals surface area contributed by atoms with Crippen molar-refractivity contribution in [1.82, 2.24) is 4.98 Å². The predicted octanol–water partition coefficient (Wildman–Crippen LogP) is 4.79. The van der Waals surface area contributed by atoms with E-state index in [0.29, 0.717) is 27.1 Å². The molecule has 156 valence electrons. The first-order valence-electron chi connectivity index (χ1n) is 8.98. The van der Waals surface area contributed by atoms with Gasteiger partial charge in [-0.3, -0.25) is 19.7 Å². The van der Waals surface area contributed by atoms with E-state index in [1.807, 2.05) is 12.3 Å². The van der Waals surface area contributed by atoms with Gasteiger partial charge in [-0.2, -0.15) is 0 Å². The predicted molar refractivity (Wildman–Crippen MR) is 122 cm³/mol. The van der Waals surface area contributed by atoms with Gasteiger partial charge in [0.05, 0.1) is 11.4 Å². The third-order valence-electron chi connectivity index (χ3n) is 4.35. The maximum atomic E-state index is 12.9. The number of rotatable bonds is 5. The van der Waals surface area contributed by atoms with Crippen molar-refractivity contribution in [3.63, 3.8) is 0 Å². The van der Waals surface area contributed by atoms with Gasteiger partial charge in [0.1, 0.15) is 10.7 Å². The molecule has 0 atom stereocenters. The molecule has 0 radical (unpaired) electrons. The number of hydrogen-bond donors (Lipinski definition) is 2. The summed E-state index contributed by atoms with van der Waals surface area (Å²) in [5, 5.41) is 8.13. The first-order chi connectivity index (χ1) is 14.8. The minimum atomic E-state index is -0.649. The van der Waals surface area contributed by atoms with E-state index in [-0.39, 0.29) is 16.6 Å². The average molecular weight is 473 g/mol. The molecule has 3 amide bonds. The number of hydrogen-bond acceptors (Lipinski definition) is 6. The van der Waals surface area contributed by atoms with Crippen molar-refractivity contribution < 1.29 is 14.4 Å². The van der Waals surface area contributed by atoms with Crippen LogP contribution in [-0.2, 0) is 9.59 Å². The Kier molecular flexibility index (Phi) is 5.77. The zero-order valence-electron chi connectivity index (χ0n) is 16.0. The number of aryl methyl sites for hydroxylation is 1. The molecule has 0 saturated heterocycles. The first kappa shape index (κ1) is 21.0. The van der Waals surface area contributed by atoms with E-state index in [2.05, 4.69) is 15.6 Å². The second kappa shape index (κ2) is 8.50. The van der Waals surface area contributed by atoms with Gasteiger partial charge in [0.25, 0.3) is 17.7 Å². The molecular formula is C21H14Cl2N4O3S. The number of halogens is 2. The van der Waals surface area contributed by atoms with E-state index >= 15 is 0 Å². The Morgan fingerprint density at radius 3 is 2.48 bits per heavy atom. The summed E-state index contributed by atoms with van der Waals surface area (Å²) in [5.41, 5.74) is 1.86. The molecule has 0 bridgehead atoms. The van der Waals surface area contributed by atoms with Gasteiger partial charge in [-0.25, -0.2) is 9.88 Å². The van der Waals surface area contributed by atoms with Crippen LogP contribution in [-0.4, -0.2) is 22.7 Å². The molecule has 7 nitrogen and oxygen atoms in total. The highest BCUT2D eigenvalue weighted by atomic mass is 35.5. The van der Waals surface area contributed by atoms with Gasteiger partial charge in [0.2, 0.25) is 0 Å². The number of thiazole rings is 1. The summed E-state index contributed by atoms with van der Waals surface area (Å²) in [6.45, 7) is 1.83. The molecule has 10 heteroatoms. The Hall–Kier alpha value is -3.20. The van der Waals surface area contributed by atoms with Crippen molar-refractivity contribution in [2.75, 3.05) is 15.5 Å². The molecule has 3 aromatic rings. The molecule has 4 rings (SSSR count). The van der Waals surface area contributed by atoms with Gasteiger partial charge in [-0.1, -0.05) is 29.3 Å². The lowest BCUT2D eigenvalue weighted by Gasteiger charge is -2.15. The van der Waals surface area contributed by atoms with Crippen LogP contribution in [0.2, 0.25) is 5.02 Å². The highest BCUT2D eigenvalue weighted by Gasteiger charge is 2.39. The lowest BCUT2D eigenvalue weighted by atomic mass is 10.2. The molecule has 31 heavy (non-hydrogen) atoms. The van der Waals surface area contributed by atoms with E-state index in [4.69, 9.17) is 23.2 Å². The second-order valence-corrected chi connectivity index (χ2v) is 8.24. The number of imide groups is 1. The molecule has 1 aliphatic rings. The third kappa shape index (κ3) is 4.32. The SMILES string of the molecule is Cc1csc(NC(=O)c2cccc(NC3=C(Cl)C(=O)N(c4ccc(Cl)cc4)C3=O)c2)n1. The molecule has 0 unspecified atom stereocenters. The third-order valence-corrected chi connectivity index (χ3v) is 5.82. The van der Waals surface area contributed by atoms with Crippen LogP contribution in [0.25, 0.3) is 0 Å². The maximum absolute atomic E-state index is 12.9. The largest absolute Gasteiger partial charge is 0.350 e. The van der Waals surface area contributed by atoms with Crippen LogP contribution in [0.3, 0.4) is 0 Å². The number of anilines is 3. The summed E-state index contributed by atoms with van der Waals surface area (Å²) < 4.78 is 0. The van der Waals surface area contributed by atoms with Crippen LogP contribution in [0.4, 0.5) is 16.5 Å². The number of carbonyl (C=O) groups is 3. The van der Waals surface area contributed by atoms with Crippen LogP contribution in [0, 0.1) is 6.92 Å². The van der Waals surface area contributed by atoms with Gasteiger partial charge in [0.15, 0.2) is 5.13 Å². The first-order valence-corrected chi connectivity index (χ1v) is 10.6. The highest BCUT2D eigenvalue weighted by molar-refractivity contribution is 7.13. The average Bonchev–Trinajstić information content (AvgIpc) is 3.25. The minimum absolute atomic E-state index is 0.0743. The summed E-state index contributed by atoms with van der Waals surface area (Å²) >= 11 is 13.4. The Balaban J connectivity index is 1.54. The zero-order valence-corrected chi connectivity index (χ0v) is 18.3. The van der Waals surface area contributed by atoms with E-state index in [1.54, 1.807) is 48.5 Å². The van der Waals surface area contributed by atoms with Crippen molar-refractivity contribution in [3.8, 4) is 0 Å². The fourth-order valence-corrected chi connectivity index (χ4v) is 3.92. The van der Waals surface area contributed by atoms with Gasteiger partial charge in [-0.15, -0.1) is 11.3 Å². The Labute approximate surface area is 191 Å². The van der Waals surface area contributed by atoms with Crippen molar-refractivity contribution in [2.45, 2.75) is 6.92 Å². The fourth-order valence-electron chi connectivity index (χ4n) is 2.90.